The number of nitrogens with zero attached hydrogens (tertiary/aromatic N) is 3. The summed E-state index contributed by atoms with van der Waals surface area (Å²) < 4.78 is 0. The number of carbonyl (C=O) groups is 1. The van der Waals surface area contributed by atoms with Crippen molar-refractivity contribution in [3.8, 4) is 0 Å². The van der Waals surface area contributed by atoms with E-state index in [0.29, 0.717) is 6.04 Å². The summed E-state index contributed by atoms with van der Waals surface area (Å²) in [7, 11) is 0. The maximum Gasteiger partial charge on any atom is 0.225 e. The van der Waals surface area contributed by atoms with Crippen LogP contribution in [-0.4, -0.2) is 35.0 Å². The minimum atomic E-state index is 0.0963. The fourth-order valence-corrected chi connectivity index (χ4v) is 2.77. The van der Waals surface area contributed by atoms with Crippen molar-refractivity contribution in [3.63, 3.8) is 0 Å². The number of piperidine rings is 1. The summed E-state index contributed by atoms with van der Waals surface area (Å²) in [4.78, 5) is 23.1. The van der Waals surface area contributed by atoms with Crippen LogP contribution in [0.25, 0.3) is 0 Å². The fraction of sp³-hybridized carbons (Fsp3) is 0.667. The Balaban J connectivity index is 1.70. The van der Waals surface area contributed by atoms with Gasteiger partial charge < -0.3 is 10.2 Å². The second kappa shape index (κ2) is 5.38. The van der Waals surface area contributed by atoms with Crippen LogP contribution in [0.15, 0.2) is 6.33 Å². The van der Waals surface area contributed by atoms with Crippen molar-refractivity contribution in [3.05, 3.63) is 17.6 Å². The molecule has 1 atom stereocenters. The van der Waals surface area contributed by atoms with E-state index in [1.807, 2.05) is 6.92 Å². The maximum atomic E-state index is 12.2. The summed E-state index contributed by atoms with van der Waals surface area (Å²) >= 11 is 0. The van der Waals surface area contributed by atoms with Gasteiger partial charge in [0.2, 0.25) is 5.91 Å². The van der Waals surface area contributed by atoms with Crippen LogP contribution in [-0.2, 0) is 4.79 Å². The molecule has 2 heterocycles. The fourth-order valence-electron chi connectivity index (χ4n) is 2.77. The monoisotopic (exact) mass is 274 g/mol. The maximum absolute atomic E-state index is 12.2. The van der Waals surface area contributed by atoms with Crippen LogP contribution < -0.4 is 10.2 Å². The molecule has 1 saturated heterocycles. The minimum Gasteiger partial charge on any atom is -0.355 e. The zero-order valence-corrected chi connectivity index (χ0v) is 12.2. The molecule has 1 aliphatic heterocycles. The molecule has 5 heteroatoms. The van der Waals surface area contributed by atoms with Gasteiger partial charge in [0.25, 0.3) is 0 Å². The van der Waals surface area contributed by atoms with Gasteiger partial charge in [0.15, 0.2) is 0 Å². The van der Waals surface area contributed by atoms with Gasteiger partial charge in [-0.15, -0.1) is 0 Å². The highest BCUT2D eigenvalue weighted by Crippen LogP contribution is 2.26. The zero-order chi connectivity index (χ0) is 14.1. The van der Waals surface area contributed by atoms with Crippen molar-refractivity contribution in [2.45, 2.75) is 45.6 Å². The van der Waals surface area contributed by atoms with Crippen molar-refractivity contribution in [1.29, 1.82) is 0 Å². The molecule has 0 aromatic carbocycles. The van der Waals surface area contributed by atoms with Gasteiger partial charge in [0, 0.05) is 30.4 Å². The topological polar surface area (TPSA) is 58.1 Å². The van der Waals surface area contributed by atoms with Crippen molar-refractivity contribution in [2.75, 3.05) is 18.0 Å². The van der Waals surface area contributed by atoms with Gasteiger partial charge in [-0.3, -0.25) is 4.79 Å². The summed E-state index contributed by atoms with van der Waals surface area (Å²) in [6.07, 6.45) is 5.94. The third-order valence-corrected chi connectivity index (χ3v) is 4.32. The first kappa shape index (κ1) is 13.3. The van der Waals surface area contributed by atoms with Crippen LogP contribution in [0.2, 0.25) is 0 Å². The lowest BCUT2D eigenvalue weighted by atomic mass is 9.96. The molecule has 1 aromatic rings. The predicted octanol–water partition coefficient (Wildman–Crippen LogP) is 1.59. The summed E-state index contributed by atoms with van der Waals surface area (Å²) in [5, 5.41) is 3.12. The molecule has 1 unspecified atom stereocenters. The molecule has 108 valence electrons. The number of carbonyl (C=O) groups excluding carboxylic acids is 1. The number of rotatable bonds is 3. The van der Waals surface area contributed by atoms with Crippen LogP contribution in [0.1, 0.15) is 36.9 Å². The molecule has 20 heavy (non-hydrogen) atoms. The molecule has 2 aliphatic rings. The Kier molecular flexibility index (Phi) is 3.59. The van der Waals surface area contributed by atoms with E-state index in [1.165, 1.54) is 0 Å². The summed E-state index contributed by atoms with van der Waals surface area (Å²) in [5.41, 5.74) is 2.13. The van der Waals surface area contributed by atoms with Crippen LogP contribution in [0.5, 0.6) is 0 Å². The van der Waals surface area contributed by atoms with Crippen LogP contribution >= 0.6 is 0 Å². The molecule has 3 rings (SSSR count). The van der Waals surface area contributed by atoms with Gasteiger partial charge in [0.05, 0.1) is 5.92 Å². The van der Waals surface area contributed by atoms with E-state index in [4.69, 9.17) is 0 Å². The number of hydrogen-bond acceptors (Lipinski definition) is 4. The van der Waals surface area contributed by atoms with Gasteiger partial charge in [-0.25, -0.2) is 9.97 Å². The SMILES string of the molecule is Cc1ncnc(N2CCCC(C(=O)NC3CC3)C2)c1C. The first-order valence-electron chi connectivity index (χ1n) is 7.48. The highest BCUT2D eigenvalue weighted by molar-refractivity contribution is 5.80. The molecule has 0 spiro atoms. The molecular weight excluding hydrogens is 252 g/mol. The summed E-state index contributed by atoms with van der Waals surface area (Å²) in [6, 6.07) is 0.445. The van der Waals surface area contributed by atoms with Crippen LogP contribution in [0, 0.1) is 19.8 Å². The first-order chi connectivity index (χ1) is 9.65. The van der Waals surface area contributed by atoms with E-state index >= 15 is 0 Å². The molecular formula is C15H22N4O. The first-order valence-corrected chi connectivity index (χ1v) is 7.48. The highest BCUT2D eigenvalue weighted by atomic mass is 16.2. The van der Waals surface area contributed by atoms with Gasteiger partial charge in [-0.05, 0) is 39.5 Å². The molecule has 2 fully saturated rings. The Hall–Kier alpha value is -1.65. The second-order valence-electron chi connectivity index (χ2n) is 5.98. The quantitative estimate of drug-likeness (QED) is 0.909. The van der Waals surface area contributed by atoms with Crippen molar-refractivity contribution in [2.24, 2.45) is 5.92 Å². The van der Waals surface area contributed by atoms with E-state index in [-0.39, 0.29) is 11.8 Å². The van der Waals surface area contributed by atoms with Gasteiger partial charge in [-0.2, -0.15) is 0 Å². The third kappa shape index (κ3) is 2.76. The standard InChI is InChI=1S/C15H22N4O/c1-10-11(2)16-9-17-14(10)19-7-3-4-12(8-19)15(20)18-13-5-6-13/h9,12-13H,3-8H2,1-2H3,(H,18,20). The van der Waals surface area contributed by atoms with Gasteiger partial charge in [-0.1, -0.05) is 0 Å². The average Bonchev–Trinajstić information content (AvgIpc) is 3.26. The Morgan fingerprint density at radius 3 is 2.85 bits per heavy atom. The molecule has 1 aromatic heterocycles. The van der Waals surface area contributed by atoms with Crippen LogP contribution in [0.3, 0.4) is 0 Å². The molecule has 1 aliphatic carbocycles. The largest absolute Gasteiger partial charge is 0.355 e. The molecule has 1 N–H and O–H groups in total. The lowest BCUT2D eigenvalue weighted by molar-refractivity contribution is -0.125. The lowest BCUT2D eigenvalue weighted by Crippen LogP contribution is -2.44. The Morgan fingerprint density at radius 2 is 2.10 bits per heavy atom. The van der Waals surface area contributed by atoms with Gasteiger partial charge in [0.1, 0.15) is 12.1 Å². The second-order valence-corrected chi connectivity index (χ2v) is 5.98. The average molecular weight is 274 g/mol. The Morgan fingerprint density at radius 1 is 1.30 bits per heavy atom. The van der Waals surface area contributed by atoms with Crippen molar-refractivity contribution >= 4 is 11.7 Å². The van der Waals surface area contributed by atoms with E-state index in [2.05, 4.69) is 27.1 Å². The smallest absolute Gasteiger partial charge is 0.225 e. The van der Waals surface area contributed by atoms with Crippen LogP contribution in [0.4, 0.5) is 5.82 Å². The Labute approximate surface area is 119 Å². The number of aryl methyl sites for hydroxylation is 1. The van der Waals surface area contributed by atoms with Crippen molar-refractivity contribution in [1.82, 2.24) is 15.3 Å². The third-order valence-electron chi connectivity index (χ3n) is 4.32. The number of nitrogens with one attached hydrogen (secondary N) is 1. The number of aromatic nitrogens is 2. The molecule has 1 saturated carbocycles. The predicted molar refractivity (Wildman–Crippen MR) is 77.6 cm³/mol. The molecule has 1 amide bonds. The van der Waals surface area contributed by atoms with E-state index in [9.17, 15) is 4.79 Å². The number of anilines is 1. The van der Waals surface area contributed by atoms with E-state index < -0.39 is 0 Å². The minimum absolute atomic E-state index is 0.0963. The van der Waals surface area contributed by atoms with Crippen molar-refractivity contribution < 1.29 is 4.79 Å². The molecule has 0 radical (unpaired) electrons. The van der Waals surface area contributed by atoms with Gasteiger partial charge >= 0.3 is 0 Å². The molecule has 5 nitrogen and oxygen atoms in total. The Bertz CT molecular complexity index is 513. The highest BCUT2D eigenvalue weighted by Gasteiger charge is 2.31. The number of amides is 1. The lowest BCUT2D eigenvalue weighted by Gasteiger charge is -2.33. The normalized spacial score (nSPS) is 22.7. The summed E-state index contributed by atoms with van der Waals surface area (Å²) in [6.45, 7) is 5.81. The van der Waals surface area contributed by atoms with E-state index in [0.717, 1.165) is 55.8 Å². The van der Waals surface area contributed by atoms with E-state index in [1.54, 1.807) is 6.33 Å². The molecule has 0 bridgehead atoms. The zero-order valence-electron chi connectivity index (χ0n) is 12.2. The number of hydrogen-bond donors (Lipinski definition) is 1. The summed E-state index contributed by atoms with van der Waals surface area (Å²) in [5.74, 6) is 1.31.